The van der Waals surface area contributed by atoms with Crippen LogP contribution < -0.4 is 36.1 Å². The summed E-state index contributed by atoms with van der Waals surface area (Å²) in [7, 11) is -4.11. The summed E-state index contributed by atoms with van der Waals surface area (Å²) >= 11 is 0. The Balaban J connectivity index is 1.17. The maximum Gasteiger partial charge on any atom is 0.524 e. The normalized spacial score (nSPS) is 16.7. The molecule has 0 saturated carbocycles. The molecule has 116 heavy (non-hydrogen) atoms. The molecule has 6 aromatic rings. The van der Waals surface area contributed by atoms with Gasteiger partial charge in [-0.1, -0.05) is 50.0 Å². The Morgan fingerprint density at radius 3 is 1.84 bits per heavy atom. The van der Waals surface area contributed by atoms with E-state index in [9.17, 15) is 47.1 Å². The first kappa shape index (κ1) is 89.5. The van der Waals surface area contributed by atoms with Crippen molar-refractivity contribution in [1.82, 2.24) is 51.0 Å². The van der Waals surface area contributed by atoms with Gasteiger partial charge in [-0.2, -0.15) is 40.2 Å². The number of carbonyl (C=O) groups is 7. The number of esters is 2. The van der Waals surface area contributed by atoms with Gasteiger partial charge in [-0.15, -0.1) is 0 Å². The van der Waals surface area contributed by atoms with Crippen molar-refractivity contribution in [3.05, 3.63) is 154 Å². The molecule has 5 amide bonds. The number of fused-ring (bicyclic) bond motifs is 2. The summed E-state index contributed by atoms with van der Waals surface area (Å²) < 4.78 is 198. The van der Waals surface area contributed by atoms with Gasteiger partial charge in [-0.05, 0) is 146 Å². The van der Waals surface area contributed by atoms with Gasteiger partial charge in [0.15, 0.2) is 0 Å². The van der Waals surface area contributed by atoms with Crippen LogP contribution in [0.3, 0.4) is 0 Å². The molecule has 2 bridgehead atoms. The number of hydrazine groups is 1. The van der Waals surface area contributed by atoms with Crippen LogP contribution in [0.25, 0.3) is 11.3 Å². The lowest BCUT2D eigenvalue weighted by Crippen LogP contribution is -2.64. The number of ether oxygens (including phenoxy) is 5. The van der Waals surface area contributed by atoms with Crippen molar-refractivity contribution in [1.29, 1.82) is 0 Å². The molecule has 39 heteroatoms. The number of alkyl carbamates (subject to hydrolysis) is 2. The summed E-state index contributed by atoms with van der Waals surface area (Å²) in [6, 6.07) is 9.38. The number of methoxy groups -OCH3 is 2. The lowest BCUT2D eigenvalue weighted by atomic mass is 9.77. The summed E-state index contributed by atoms with van der Waals surface area (Å²) in [5.41, 5.74) is -8.55. The van der Waals surface area contributed by atoms with Gasteiger partial charge in [0.25, 0.3) is 5.91 Å². The molecule has 7 N–H and O–H groups in total. The number of benzene rings is 4. The molecule has 3 aliphatic rings. The van der Waals surface area contributed by atoms with Crippen LogP contribution in [-0.4, -0.2) is 189 Å². The average molecular weight is 1660 g/mol. The monoisotopic (exact) mass is 1660 g/mol. The number of aromatic nitrogens is 4. The van der Waals surface area contributed by atoms with Crippen LogP contribution in [0.5, 0.6) is 5.75 Å². The fourth-order valence-corrected chi connectivity index (χ4v) is 14.1. The zero-order valence-electron chi connectivity index (χ0n) is 65.1. The third-order valence-corrected chi connectivity index (χ3v) is 20.3. The van der Waals surface area contributed by atoms with Crippen LogP contribution in [0, 0.1) is 41.2 Å². The summed E-state index contributed by atoms with van der Waals surface area (Å²) in [6.45, 7) is 7.76. The fraction of sp³-hybridized carbons (Fsp3) is 0.481. The van der Waals surface area contributed by atoms with Crippen LogP contribution in [0.4, 0.5) is 65.1 Å². The van der Waals surface area contributed by atoms with E-state index in [0.717, 1.165) is 45.4 Å². The van der Waals surface area contributed by atoms with Gasteiger partial charge in [0.05, 0.1) is 86.6 Å². The summed E-state index contributed by atoms with van der Waals surface area (Å²) in [4.78, 5) is 133. The molecule has 0 spiro atoms. The van der Waals surface area contributed by atoms with E-state index < -0.39 is 181 Å². The summed E-state index contributed by atoms with van der Waals surface area (Å²) in [5.74, 6) is -3.90. The first-order valence-electron chi connectivity index (χ1n) is 36.3. The minimum Gasteiger partial charge on any atom is -0.459 e. The molecule has 9 rings (SSSR count). The molecule has 628 valence electrons. The van der Waals surface area contributed by atoms with E-state index in [1.807, 2.05) is 5.32 Å². The van der Waals surface area contributed by atoms with E-state index in [4.69, 9.17) is 18.7 Å². The molecule has 3 aliphatic heterocycles. The molecule has 3 fully saturated rings. The van der Waals surface area contributed by atoms with Crippen molar-refractivity contribution < 1.29 is 120 Å². The maximum atomic E-state index is 17.0. The molecule has 3 saturated heterocycles. The van der Waals surface area contributed by atoms with Gasteiger partial charge in [0.1, 0.15) is 41.2 Å². The van der Waals surface area contributed by atoms with Crippen molar-refractivity contribution >= 4 is 61.3 Å². The Labute approximate surface area is 660 Å². The number of carbonyl (C=O) groups excluding carboxylic acids is 7. The molecule has 6 atom stereocenters. The van der Waals surface area contributed by atoms with Gasteiger partial charge in [-0.25, -0.2) is 47.4 Å². The summed E-state index contributed by atoms with van der Waals surface area (Å²) in [5, 5.41) is 12.8. The highest BCUT2D eigenvalue weighted by molar-refractivity contribution is 7.46. The Hall–Kier alpha value is -10.5. The topological polar surface area (TPSA) is 346 Å². The van der Waals surface area contributed by atoms with E-state index in [2.05, 4.69) is 62.2 Å². The second kappa shape index (κ2) is 36.0. The number of hydrogen-bond acceptors (Lipinski definition) is 20. The van der Waals surface area contributed by atoms with E-state index in [0.29, 0.717) is 106 Å². The SMILES string of the molecule is COC(=O)N[C@H](C(=O)N[C@@H](Cc1ccc(C#Cc2cnc(N3CC4CCC(C3)N4C3COC3)nc2)cc1)[C@H](CN(Cc1c(F)cc(-c2ccn(C(F)F)n2)cc1F)NC(=O)[C@@H](NC(=O)OC)C(C)(C)C(F)(F)F)OC(=O)CC(C)(C)c1c(CC(=O)Nc2cccc(C(=O)OC(C)(C)C)c2)cc(C)cc1OP(=O)(O)O)C(C)(C)C(F)(F)F. The van der Waals surface area contributed by atoms with Crippen molar-refractivity contribution in [2.45, 2.75) is 180 Å². The number of anilines is 2. The van der Waals surface area contributed by atoms with Crippen LogP contribution in [0.15, 0.2) is 97.5 Å². The number of rotatable bonds is 29. The van der Waals surface area contributed by atoms with Gasteiger partial charge < -0.3 is 54.4 Å². The van der Waals surface area contributed by atoms with Crippen LogP contribution in [0.2, 0.25) is 0 Å². The van der Waals surface area contributed by atoms with Crippen molar-refractivity contribution in [2.24, 2.45) is 10.8 Å². The highest BCUT2D eigenvalue weighted by atomic mass is 31.2. The molecule has 2 unspecified atom stereocenters. The van der Waals surface area contributed by atoms with Crippen molar-refractivity contribution in [3.63, 3.8) is 0 Å². The molecule has 0 aliphatic carbocycles. The minimum absolute atomic E-state index is 0.0253. The van der Waals surface area contributed by atoms with Crippen molar-refractivity contribution in [3.8, 4) is 28.8 Å². The first-order chi connectivity index (χ1) is 54.0. The number of phosphoric acid groups is 1. The quantitative estimate of drug-likeness (QED) is 0.00573. The third-order valence-electron chi connectivity index (χ3n) is 19.8. The number of aryl methyl sites for hydroxylation is 1. The number of alkyl halides is 8. The molecule has 5 heterocycles. The van der Waals surface area contributed by atoms with Gasteiger partial charge >= 0.3 is 50.8 Å². The Kier molecular flexibility index (Phi) is 27.7. The number of phosphoric ester groups is 1. The van der Waals surface area contributed by atoms with Gasteiger partial charge in [0, 0.05) is 83.7 Å². The predicted molar refractivity (Wildman–Crippen MR) is 397 cm³/mol. The molecular weight excluding hydrogens is 1570 g/mol. The smallest absolute Gasteiger partial charge is 0.459 e. The summed E-state index contributed by atoms with van der Waals surface area (Å²) in [6.07, 6.45) is -12.9. The van der Waals surface area contributed by atoms with Gasteiger partial charge in [-0.3, -0.25) is 39.3 Å². The molecule has 2 aromatic heterocycles. The Morgan fingerprint density at radius 2 is 1.31 bits per heavy atom. The van der Waals surface area contributed by atoms with Crippen molar-refractivity contribution in [2.75, 3.05) is 57.3 Å². The minimum atomic E-state index is -5.60. The lowest BCUT2D eigenvalue weighted by molar-refractivity contribution is -0.221. The first-order valence-corrected chi connectivity index (χ1v) is 37.8. The number of hydrogen-bond donors (Lipinski definition) is 7. The number of nitrogens with zero attached hydrogens (tertiary/aromatic N) is 7. The van der Waals surface area contributed by atoms with E-state index in [1.165, 1.54) is 87.8 Å². The zero-order chi connectivity index (χ0) is 85.5. The third kappa shape index (κ3) is 22.6. The molecule has 28 nitrogen and oxygen atoms in total. The number of halogens is 10. The van der Waals surface area contributed by atoms with Gasteiger partial charge in [0.2, 0.25) is 17.8 Å². The highest BCUT2D eigenvalue weighted by Crippen LogP contribution is 2.47. The largest absolute Gasteiger partial charge is 0.524 e. The standard InChI is InChI=1S/C77H89F10N12O16P/c1-42-26-48(32-60(100)90-49-15-13-14-46(29-49)67(104)114-72(2,3)4)62(58(27-42)115-116(107,108)109)73(5,6)33-61(101)113-59(39-97(95-66(103)64(93-71(106)111-12)75(9,10)77(85,86)87)38-53-54(78)30-47(31-55(53)79)56-24-25-98(94-56)68(80)81)57(91-65(102)63(92-70(105)110-11)74(7,8)76(82,83)84)28-44-19-16-43(17-20-44)18-21-45-34-88-69(89-35-45)96-36-50-22-23-51(37-96)99(50)52-40-112-41-52/h13-17,19-20,24-27,29-31,34-35,50-52,57,59,63-64,68H,22-23,28,32-33,36-41H2,1-12H3,(H,90,100)(H,91,102)(H,92,105)(H,93,106)(H,95,103)(H2,107,108,109)/t50?,51?,57-,59-,63+,64+/m0/s1. The Morgan fingerprint density at radius 1 is 0.733 bits per heavy atom. The molecule has 4 aromatic carbocycles. The number of amides is 5. The lowest BCUT2D eigenvalue weighted by Gasteiger charge is -2.47. The average Bonchev–Trinajstić information content (AvgIpc) is 1.28. The second-order valence-corrected chi connectivity index (χ2v) is 32.2. The highest BCUT2D eigenvalue weighted by Gasteiger charge is 2.58. The van der Waals surface area contributed by atoms with Crippen LogP contribution >= 0.6 is 7.82 Å². The number of piperazine rings is 1. The fourth-order valence-electron chi connectivity index (χ4n) is 13.7. The molecule has 0 radical (unpaired) electrons. The zero-order valence-corrected chi connectivity index (χ0v) is 66.0. The van der Waals surface area contributed by atoms with Crippen LogP contribution in [0.1, 0.15) is 137 Å². The van der Waals surface area contributed by atoms with Crippen LogP contribution in [-0.2, 0) is 72.2 Å². The van der Waals surface area contributed by atoms with E-state index in [-0.39, 0.29) is 38.2 Å². The Bertz CT molecular complexity index is 4680. The predicted octanol–water partition coefficient (Wildman–Crippen LogP) is 10.8. The molecular formula is C77H89F10N12O16P. The van der Waals surface area contributed by atoms with E-state index in [1.54, 1.807) is 26.1 Å². The maximum absolute atomic E-state index is 17.0. The van der Waals surface area contributed by atoms with E-state index >= 15 is 44.7 Å². The second-order valence-electron chi connectivity index (χ2n) is 31.1. The number of nitrogens with one attached hydrogen (secondary N) is 5.